The first-order chi connectivity index (χ1) is 19.0. The van der Waals surface area contributed by atoms with Gasteiger partial charge in [-0.25, -0.2) is 13.5 Å². The predicted octanol–water partition coefficient (Wildman–Crippen LogP) is 6.29. The minimum absolute atomic E-state index is 0.130. The smallest absolute Gasteiger partial charge is 0.240 e. The minimum Gasteiger partial charge on any atom is -0.240 e. The van der Waals surface area contributed by atoms with Crippen molar-refractivity contribution in [2.24, 2.45) is 7.05 Å². The van der Waals surface area contributed by atoms with Crippen LogP contribution in [-0.2, 0) is 30.7 Å². The fourth-order valence-electron chi connectivity index (χ4n) is 6.54. The molecule has 5 nitrogen and oxygen atoms in total. The zero-order chi connectivity index (χ0) is 28.9. The molecule has 0 radical (unpaired) electrons. The van der Waals surface area contributed by atoms with Crippen molar-refractivity contribution in [2.45, 2.75) is 70.1 Å². The number of benzene rings is 1. The van der Waals surface area contributed by atoms with Crippen LogP contribution in [0.2, 0.25) is 0 Å². The summed E-state index contributed by atoms with van der Waals surface area (Å²) in [6.07, 6.45) is 1.22. The second kappa shape index (κ2) is 10.1. The summed E-state index contributed by atoms with van der Waals surface area (Å²) >= 11 is 0. The molecule has 10 heteroatoms. The molecule has 0 fully saturated rings. The molecule has 0 amide bonds. The normalized spacial score (nSPS) is 20.3. The number of aromatic nitrogens is 5. The molecular weight excluding hydrogens is 525 g/mol. The molecule has 4 aromatic rings. The van der Waals surface area contributed by atoms with Crippen LogP contribution in [0.15, 0.2) is 60.9 Å². The maximum atomic E-state index is 15.3. The van der Waals surface area contributed by atoms with Crippen molar-refractivity contribution in [1.82, 2.24) is 14.8 Å². The van der Waals surface area contributed by atoms with Gasteiger partial charge in [0.15, 0.2) is 17.9 Å². The van der Waals surface area contributed by atoms with Crippen molar-refractivity contribution >= 4 is 0 Å². The van der Waals surface area contributed by atoms with Crippen LogP contribution in [0.3, 0.4) is 0 Å². The molecule has 210 valence electrons. The van der Waals surface area contributed by atoms with Crippen molar-refractivity contribution in [2.75, 3.05) is 0 Å². The Balaban J connectivity index is 1.58. The van der Waals surface area contributed by atoms with Crippen LogP contribution in [0.4, 0.5) is 22.0 Å². The third-order valence-corrected chi connectivity index (χ3v) is 8.72. The summed E-state index contributed by atoms with van der Waals surface area (Å²) in [4.78, 5) is 3.86. The van der Waals surface area contributed by atoms with Crippen LogP contribution in [0.5, 0.6) is 0 Å². The Labute approximate surface area is 229 Å². The Kier molecular flexibility index (Phi) is 7.00. The molecule has 0 bridgehead atoms. The fourth-order valence-corrected chi connectivity index (χ4v) is 6.54. The highest BCUT2D eigenvalue weighted by atomic mass is 19.4. The van der Waals surface area contributed by atoms with Crippen LogP contribution < -0.4 is 9.13 Å². The Morgan fingerprint density at radius 2 is 1.65 bits per heavy atom. The summed E-state index contributed by atoms with van der Waals surface area (Å²) in [5, 5.41) is 3.85. The van der Waals surface area contributed by atoms with Gasteiger partial charge in [0.1, 0.15) is 18.7 Å². The molecule has 2 atom stereocenters. The van der Waals surface area contributed by atoms with E-state index in [-0.39, 0.29) is 12.4 Å². The average molecular weight is 558 g/mol. The fraction of sp³-hybridized carbons (Fsp3) is 0.400. The molecule has 2 unspecified atom stereocenters. The predicted molar refractivity (Wildman–Crippen MR) is 139 cm³/mol. The SMILES string of the molecule is CCC1(C)c2cc(F)cc(F)c2-c2cccc[n+]2C1(CC)CCCn1nc(C(F)(F)F)nc1-c1cccc[n+]1C. The maximum absolute atomic E-state index is 15.3. The lowest BCUT2D eigenvalue weighted by atomic mass is 9.58. The molecule has 5 rings (SSSR count). The molecule has 1 aliphatic heterocycles. The molecule has 0 aliphatic carbocycles. The molecule has 0 saturated carbocycles. The third-order valence-electron chi connectivity index (χ3n) is 8.72. The van der Waals surface area contributed by atoms with Gasteiger partial charge in [-0.15, -0.1) is 5.10 Å². The van der Waals surface area contributed by atoms with E-state index in [0.717, 1.165) is 6.07 Å². The standard InChI is InChI=1S/C30H32F5N5/c1-5-28(3)21-18-20(31)19-22(32)25(21)23-12-8-10-16-39(23)29(28,6-2)14-11-17-40-26(24-13-7-9-15-38(24)4)36-27(37-40)30(33,34)35/h7-10,12-13,15-16,18-19H,5-6,11,14,17H2,1-4H3/q+2. The molecule has 4 heterocycles. The largest absolute Gasteiger partial charge is 0.453 e. The monoisotopic (exact) mass is 557 g/mol. The van der Waals surface area contributed by atoms with Crippen LogP contribution in [0, 0.1) is 11.6 Å². The van der Waals surface area contributed by atoms with Crippen LogP contribution in [0.1, 0.15) is 57.8 Å². The zero-order valence-corrected chi connectivity index (χ0v) is 22.9. The summed E-state index contributed by atoms with van der Waals surface area (Å²) in [6, 6.07) is 13.1. The van der Waals surface area contributed by atoms with Gasteiger partial charge in [-0.05, 0) is 43.5 Å². The second-order valence-corrected chi connectivity index (χ2v) is 10.6. The van der Waals surface area contributed by atoms with E-state index in [2.05, 4.69) is 14.6 Å². The molecule has 0 N–H and O–H groups in total. The first-order valence-electron chi connectivity index (χ1n) is 13.4. The summed E-state index contributed by atoms with van der Waals surface area (Å²) < 4.78 is 75.9. The van der Waals surface area contributed by atoms with E-state index < -0.39 is 34.6 Å². The van der Waals surface area contributed by atoms with Crippen molar-refractivity contribution in [1.29, 1.82) is 0 Å². The van der Waals surface area contributed by atoms with Gasteiger partial charge in [0.05, 0.1) is 11.0 Å². The summed E-state index contributed by atoms with van der Waals surface area (Å²) in [6.45, 7) is 6.27. The molecule has 1 aromatic carbocycles. The topological polar surface area (TPSA) is 38.5 Å². The number of rotatable bonds is 7. The number of fused-ring (bicyclic) bond motifs is 3. The lowest BCUT2D eigenvalue weighted by Crippen LogP contribution is -2.69. The Morgan fingerprint density at radius 3 is 2.30 bits per heavy atom. The van der Waals surface area contributed by atoms with Crippen LogP contribution >= 0.6 is 0 Å². The van der Waals surface area contributed by atoms with Gasteiger partial charge in [-0.1, -0.05) is 13.8 Å². The Morgan fingerprint density at radius 1 is 0.950 bits per heavy atom. The number of halogens is 5. The van der Waals surface area contributed by atoms with Crippen LogP contribution in [-0.4, -0.2) is 14.8 Å². The molecule has 0 saturated heterocycles. The Hall–Kier alpha value is -3.69. The third kappa shape index (κ3) is 4.28. The highest BCUT2D eigenvalue weighted by molar-refractivity contribution is 5.66. The van der Waals surface area contributed by atoms with E-state index >= 15 is 4.39 Å². The lowest BCUT2D eigenvalue weighted by Gasteiger charge is -2.48. The van der Waals surface area contributed by atoms with Gasteiger partial charge in [-0.3, -0.25) is 0 Å². The number of hydrogen-bond donors (Lipinski definition) is 0. The second-order valence-electron chi connectivity index (χ2n) is 10.6. The lowest BCUT2D eigenvalue weighted by molar-refractivity contribution is -0.770. The van der Waals surface area contributed by atoms with Crippen molar-refractivity contribution in [3.05, 3.63) is 83.9 Å². The van der Waals surface area contributed by atoms with Gasteiger partial charge in [0.2, 0.25) is 17.2 Å². The summed E-state index contributed by atoms with van der Waals surface area (Å²) in [7, 11) is 1.74. The first-order valence-corrected chi connectivity index (χ1v) is 13.4. The van der Waals surface area contributed by atoms with Gasteiger partial charge in [-0.2, -0.15) is 27.3 Å². The van der Waals surface area contributed by atoms with E-state index in [1.54, 1.807) is 36.0 Å². The highest BCUT2D eigenvalue weighted by Gasteiger charge is 2.59. The Bertz CT molecular complexity index is 1560. The molecule has 0 spiro atoms. The van der Waals surface area contributed by atoms with E-state index in [4.69, 9.17) is 0 Å². The quantitative estimate of drug-likeness (QED) is 0.198. The minimum atomic E-state index is -4.69. The molecular formula is C30H32F5N5+2. The van der Waals surface area contributed by atoms with E-state index in [1.807, 2.05) is 45.2 Å². The summed E-state index contributed by atoms with van der Waals surface area (Å²) in [5.41, 5.74) is 0.897. The van der Waals surface area contributed by atoms with Gasteiger partial charge in [0, 0.05) is 49.7 Å². The first kappa shape index (κ1) is 27.9. The number of alkyl halides is 3. The molecule has 40 heavy (non-hydrogen) atoms. The van der Waals surface area contributed by atoms with Gasteiger partial charge in [0.25, 0.3) is 5.82 Å². The van der Waals surface area contributed by atoms with Gasteiger partial charge >= 0.3 is 6.18 Å². The summed E-state index contributed by atoms with van der Waals surface area (Å²) in [5.74, 6) is -2.30. The number of pyridine rings is 2. The molecule has 3 aromatic heterocycles. The average Bonchev–Trinajstić information content (AvgIpc) is 3.35. The van der Waals surface area contributed by atoms with Crippen molar-refractivity contribution < 1.29 is 31.1 Å². The maximum Gasteiger partial charge on any atom is 0.453 e. The van der Waals surface area contributed by atoms with E-state index in [9.17, 15) is 17.6 Å². The number of nitrogens with zero attached hydrogens (tertiary/aromatic N) is 5. The number of hydrogen-bond acceptors (Lipinski definition) is 2. The zero-order valence-electron chi connectivity index (χ0n) is 22.9. The van der Waals surface area contributed by atoms with Crippen molar-refractivity contribution in [3.8, 4) is 22.8 Å². The van der Waals surface area contributed by atoms with Crippen LogP contribution in [0.25, 0.3) is 22.8 Å². The highest BCUT2D eigenvalue weighted by Crippen LogP contribution is 2.52. The van der Waals surface area contributed by atoms with E-state index in [1.165, 1.54) is 10.7 Å². The van der Waals surface area contributed by atoms with Crippen molar-refractivity contribution in [3.63, 3.8) is 0 Å². The number of aryl methyl sites for hydroxylation is 2. The van der Waals surface area contributed by atoms with Gasteiger partial charge < -0.3 is 0 Å². The molecule has 1 aliphatic rings. The van der Waals surface area contributed by atoms with E-state index in [0.29, 0.717) is 48.2 Å².